The molecule has 0 unspecified atom stereocenters. The first-order valence-corrected chi connectivity index (χ1v) is 11.0. The molecule has 4 rings (SSSR count). The van der Waals surface area contributed by atoms with Crippen molar-refractivity contribution in [3.63, 3.8) is 0 Å². The molecule has 2 spiro atoms. The highest BCUT2D eigenvalue weighted by Gasteiger charge is 2.69. The summed E-state index contributed by atoms with van der Waals surface area (Å²) in [4.78, 5) is 34.8. The van der Waals surface area contributed by atoms with Gasteiger partial charge in [-0.25, -0.2) is 0 Å². The number of carbonyl (C=O) groups excluding carboxylic acids is 3. The summed E-state index contributed by atoms with van der Waals surface area (Å²) in [6.45, 7) is 3.81. The third-order valence-electron chi connectivity index (χ3n) is 5.42. The number of ether oxygens (including phenoxy) is 8. The lowest BCUT2D eigenvalue weighted by Crippen LogP contribution is -2.64. The zero-order valence-corrected chi connectivity index (χ0v) is 18.8. The van der Waals surface area contributed by atoms with Crippen LogP contribution in [0.4, 0.5) is 0 Å². The average Bonchev–Trinajstić information content (AvgIpc) is 3.27. The monoisotopic (exact) mass is 542 g/mol. The van der Waals surface area contributed by atoms with Crippen molar-refractivity contribution in [2.45, 2.75) is 69.0 Å². The molecular weight excluding hydrogens is 519 g/mol. The highest BCUT2D eigenvalue weighted by Crippen LogP contribution is 2.48. The number of hydrogen-bond donors (Lipinski definition) is 0. The van der Waals surface area contributed by atoms with Crippen molar-refractivity contribution >= 4 is 40.5 Å². The van der Waals surface area contributed by atoms with E-state index in [-0.39, 0.29) is 19.8 Å². The van der Waals surface area contributed by atoms with Crippen molar-refractivity contribution in [3.05, 3.63) is 0 Å². The Morgan fingerprint density at radius 1 is 0.900 bits per heavy atom. The molecule has 4 aliphatic rings. The van der Waals surface area contributed by atoms with Crippen LogP contribution in [0.2, 0.25) is 0 Å². The maximum absolute atomic E-state index is 11.7. The predicted molar refractivity (Wildman–Crippen MR) is 102 cm³/mol. The summed E-state index contributed by atoms with van der Waals surface area (Å²) in [5, 5.41) is 0. The second-order valence-corrected chi connectivity index (χ2v) is 8.48. The molecule has 2 bridgehead atoms. The summed E-state index contributed by atoms with van der Waals surface area (Å²) in [6.07, 6.45) is -4.19. The van der Waals surface area contributed by atoms with Crippen LogP contribution in [-0.4, -0.2) is 90.4 Å². The molecule has 4 fully saturated rings. The Kier molecular flexibility index (Phi) is 6.00. The van der Waals surface area contributed by atoms with Gasteiger partial charge in [-0.3, -0.25) is 14.4 Å². The standard InChI is InChI=1S/C18H23IO11/c1-8(20)26-13-11(4-19)29-18(16(13)28-10(3)22)7-24-17(6-25-18)15-14(27-9(2)21)12(30-17)5-23-15/h11-16H,4-7H2,1-3H3/t11-,12-,13-,14-,15+,16+,17+,18-/m1/s1. The van der Waals surface area contributed by atoms with E-state index < -0.39 is 66.1 Å². The number of fused-ring (bicyclic) bond motifs is 3. The first kappa shape index (κ1) is 22.1. The molecule has 30 heavy (non-hydrogen) atoms. The van der Waals surface area contributed by atoms with E-state index in [1.165, 1.54) is 20.8 Å². The van der Waals surface area contributed by atoms with Gasteiger partial charge in [0, 0.05) is 25.2 Å². The van der Waals surface area contributed by atoms with E-state index in [0.29, 0.717) is 4.43 Å². The van der Waals surface area contributed by atoms with Crippen LogP contribution in [0.15, 0.2) is 0 Å². The number of esters is 3. The molecule has 0 aromatic rings. The van der Waals surface area contributed by atoms with Gasteiger partial charge in [-0.2, -0.15) is 0 Å². The van der Waals surface area contributed by atoms with E-state index in [1.54, 1.807) is 0 Å². The van der Waals surface area contributed by atoms with E-state index in [1.807, 2.05) is 0 Å². The Labute approximate surface area is 186 Å². The van der Waals surface area contributed by atoms with Crippen LogP contribution in [-0.2, 0) is 52.3 Å². The fraction of sp³-hybridized carbons (Fsp3) is 0.833. The molecule has 4 saturated heterocycles. The van der Waals surface area contributed by atoms with Crippen LogP contribution in [0.3, 0.4) is 0 Å². The number of rotatable bonds is 4. The van der Waals surface area contributed by atoms with Crippen LogP contribution in [0.1, 0.15) is 20.8 Å². The topological polar surface area (TPSA) is 125 Å². The highest BCUT2D eigenvalue weighted by molar-refractivity contribution is 14.1. The van der Waals surface area contributed by atoms with Gasteiger partial charge in [0.05, 0.1) is 6.61 Å². The van der Waals surface area contributed by atoms with E-state index >= 15 is 0 Å². The van der Waals surface area contributed by atoms with Gasteiger partial charge < -0.3 is 37.9 Å². The minimum atomic E-state index is -1.48. The molecule has 0 radical (unpaired) electrons. The largest absolute Gasteiger partial charge is 0.457 e. The van der Waals surface area contributed by atoms with Crippen LogP contribution < -0.4 is 0 Å². The lowest BCUT2D eigenvalue weighted by molar-refractivity contribution is -0.412. The van der Waals surface area contributed by atoms with Crippen molar-refractivity contribution < 1.29 is 52.3 Å². The molecule has 168 valence electrons. The molecule has 4 aliphatic heterocycles. The maximum atomic E-state index is 11.7. The first-order valence-electron chi connectivity index (χ1n) is 9.52. The van der Waals surface area contributed by atoms with E-state index in [0.717, 1.165) is 0 Å². The highest BCUT2D eigenvalue weighted by atomic mass is 127. The minimum absolute atomic E-state index is 0.121. The molecule has 11 nitrogen and oxygen atoms in total. The predicted octanol–water partition coefficient (Wildman–Crippen LogP) is -0.148. The second-order valence-electron chi connectivity index (χ2n) is 7.60. The Hall–Kier alpha value is -1.06. The summed E-state index contributed by atoms with van der Waals surface area (Å²) in [5.41, 5.74) is 0. The smallest absolute Gasteiger partial charge is 0.303 e. The third-order valence-corrected chi connectivity index (χ3v) is 6.29. The zero-order valence-electron chi connectivity index (χ0n) is 16.7. The van der Waals surface area contributed by atoms with E-state index in [9.17, 15) is 14.4 Å². The summed E-state index contributed by atoms with van der Waals surface area (Å²) >= 11 is 2.09. The van der Waals surface area contributed by atoms with Gasteiger partial charge in [0.2, 0.25) is 11.6 Å². The summed E-state index contributed by atoms with van der Waals surface area (Å²) in [7, 11) is 0. The van der Waals surface area contributed by atoms with Crippen molar-refractivity contribution in [2.24, 2.45) is 0 Å². The summed E-state index contributed by atoms with van der Waals surface area (Å²) < 4.78 is 46.5. The quantitative estimate of drug-likeness (QED) is 0.204. The maximum Gasteiger partial charge on any atom is 0.303 e. The molecule has 4 heterocycles. The number of halogens is 1. The van der Waals surface area contributed by atoms with Crippen molar-refractivity contribution in [1.82, 2.24) is 0 Å². The molecular formula is C18H23IO11. The number of hydrogen-bond acceptors (Lipinski definition) is 11. The van der Waals surface area contributed by atoms with Crippen LogP contribution in [0, 0.1) is 0 Å². The Morgan fingerprint density at radius 3 is 2.07 bits per heavy atom. The van der Waals surface area contributed by atoms with Crippen molar-refractivity contribution in [3.8, 4) is 0 Å². The van der Waals surface area contributed by atoms with Crippen molar-refractivity contribution in [1.29, 1.82) is 0 Å². The summed E-state index contributed by atoms with van der Waals surface area (Å²) in [6, 6.07) is 0. The van der Waals surface area contributed by atoms with Gasteiger partial charge in [0.25, 0.3) is 0 Å². The fourth-order valence-electron chi connectivity index (χ4n) is 4.33. The van der Waals surface area contributed by atoms with E-state index in [4.69, 9.17) is 37.9 Å². The lowest BCUT2D eigenvalue weighted by atomic mass is 10.0. The third kappa shape index (κ3) is 3.71. The van der Waals surface area contributed by atoms with Gasteiger partial charge >= 0.3 is 17.9 Å². The zero-order chi connectivity index (χ0) is 21.7. The fourth-order valence-corrected chi connectivity index (χ4v) is 5.01. The van der Waals surface area contributed by atoms with Crippen LogP contribution in [0.25, 0.3) is 0 Å². The van der Waals surface area contributed by atoms with Gasteiger partial charge in [-0.05, 0) is 0 Å². The van der Waals surface area contributed by atoms with Crippen molar-refractivity contribution in [2.75, 3.05) is 24.2 Å². The molecule has 0 aromatic carbocycles. The van der Waals surface area contributed by atoms with Crippen LogP contribution >= 0.6 is 22.6 Å². The minimum Gasteiger partial charge on any atom is -0.457 e. The normalized spacial score (nSPS) is 44.4. The molecule has 0 aliphatic carbocycles. The second kappa shape index (κ2) is 8.13. The van der Waals surface area contributed by atoms with Gasteiger partial charge in [0.1, 0.15) is 25.4 Å². The Bertz CT molecular complexity index is 719. The summed E-state index contributed by atoms with van der Waals surface area (Å²) in [5.74, 6) is -4.31. The average molecular weight is 542 g/mol. The lowest BCUT2D eigenvalue weighted by Gasteiger charge is -2.46. The molecule has 0 N–H and O–H groups in total. The van der Waals surface area contributed by atoms with Gasteiger partial charge in [-0.1, -0.05) is 22.6 Å². The first-order chi connectivity index (χ1) is 14.2. The molecule has 0 amide bonds. The van der Waals surface area contributed by atoms with Gasteiger partial charge in [-0.15, -0.1) is 0 Å². The number of carbonyl (C=O) groups is 3. The Morgan fingerprint density at radius 2 is 1.50 bits per heavy atom. The van der Waals surface area contributed by atoms with E-state index in [2.05, 4.69) is 22.6 Å². The molecule has 12 heteroatoms. The molecule has 0 saturated carbocycles. The molecule has 0 aromatic heterocycles. The van der Waals surface area contributed by atoms with Gasteiger partial charge in [0.15, 0.2) is 24.4 Å². The SMILES string of the molecule is CC(=O)O[C@@H]1[C@H]2CO[C@@H]1[C@]1(CO[C@]3(CO1)O[C@H](CI)[C@@H](OC(C)=O)[C@@H]3OC(C)=O)O2. The molecule has 8 atom stereocenters. The Balaban J connectivity index is 1.54. The number of alkyl halides is 1. The van der Waals surface area contributed by atoms with Crippen LogP contribution in [0.5, 0.6) is 0 Å².